The molecule has 1 aliphatic rings. The predicted octanol–water partition coefficient (Wildman–Crippen LogP) is 2.90. The molecule has 3 rings (SSSR count). The van der Waals surface area contributed by atoms with Crippen LogP contribution >= 0.6 is 0 Å². The molecule has 1 aromatic heterocycles. The Labute approximate surface area is 152 Å². The molecule has 0 atom stereocenters. The minimum Gasteiger partial charge on any atom is -0.460 e. The molecule has 1 saturated carbocycles. The summed E-state index contributed by atoms with van der Waals surface area (Å²) in [7, 11) is -3.55. The highest BCUT2D eigenvalue weighted by atomic mass is 32.2. The Morgan fingerprint density at radius 2 is 1.77 bits per heavy atom. The summed E-state index contributed by atoms with van der Waals surface area (Å²) < 4.78 is 46.6. The van der Waals surface area contributed by atoms with Gasteiger partial charge in [0.05, 0.1) is 17.3 Å². The molecule has 0 saturated heterocycles. The van der Waals surface area contributed by atoms with E-state index in [0.717, 1.165) is 23.5 Å². The van der Waals surface area contributed by atoms with Crippen molar-refractivity contribution < 1.29 is 17.5 Å². The van der Waals surface area contributed by atoms with Gasteiger partial charge in [-0.3, -0.25) is 0 Å². The highest BCUT2D eigenvalue weighted by Crippen LogP contribution is 2.24. The van der Waals surface area contributed by atoms with Crippen LogP contribution in [0.4, 0.5) is 4.39 Å². The van der Waals surface area contributed by atoms with Crippen molar-refractivity contribution in [3.8, 4) is 6.01 Å². The van der Waals surface area contributed by atoms with E-state index in [0.29, 0.717) is 30.6 Å². The normalized spacial score (nSPS) is 20.7. The van der Waals surface area contributed by atoms with Crippen LogP contribution in [-0.2, 0) is 10.0 Å². The third kappa shape index (κ3) is 4.56. The van der Waals surface area contributed by atoms with Crippen LogP contribution in [0.25, 0.3) is 0 Å². The SMILES string of the molecule is Cc1ccc(C)c(S(=O)(=O)NC2CCC(Oc3ncc(F)cn3)CC2)c1. The van der Waals surface area contributed by atoms with Gasteiger partial charge in [-0.2, -0.15) is 0 Å². The van der Waals surface area contributed by atoms with Gasteiger partial charge in [0.15, 0.2) is 5.82 Å². The van der Waals surface area contributed by atoms with Gasteiger partial charge in [0.2, 0.25) is 10.0 Å². The maximum atomic E-state index is 12.8. The van der Waals surface area contributed by atoms with Gasteiger partial charge in [0.1, 0.15) is 6.10 Å². The first kappa shape index (κ1) is 18.7. The fraction of sp³-hybridized carbons (Fsp3) is 0.444. The van der Waals surface area contributed by atoms with Crippen LogP contribution < -0.4 is 9.46 Å². The highest BCUT2D eigenvalue weighted by molar-refractivity contribution is 7.89. The van der Waals surface area contributed by atoms with E-state index in [4.69, 9.17) is 4.74 Å². The molecule has 6 nitrogen and oxygen atoms in total. The number of sulfonamides is 1. The number of hydrogen-bond donors (Lipinski definition) is 1. The first-order valence-electron chi connectivity index (χ1n) is 8.57. The van der Waals surface area contributed by atoms with E-state index >= 15 is 0 Å². The molecule has 26 heavy (non-hydrogen) atoms. The summed E-state index contributed by atoms with van der Waals surface area (Å²) in [4.78, 5) is 7.91. The zero-order valence-corrected chi connectivity index (χ0v) is 15.6. The number of nitrogens with one attached hydrogen (secondary N) is 1. The Morgan fingerprint density at radius 1 is 1.12 bits per heavy atom. The first-order chi connectivity index (χ1) is 12.3. The zero-order chi connectivity index (χ0) is 18.7. The van der Waals surface area contributed by atoms with Crippen molar-refractivity contribution in [3.63, 3.8) is 0 Å². The third-order valence-electron chi connectivity index (χ3n) is 4.50. The standard InChI is InChI=1S/C18H22FN3O3S/c1-12-3-4-13(2)17(9-12)26(23,24)22-15-5-7-16(8-6-15)25-18-20-10-14(19)11-21-18/h3-4,9-11,15-16,22H,5-8H2,1-2H3. The van der Waals surface area contributed by atoms with Crippen LogP contribution in [0.2, 0.25) is 0 Å². The van der Waals surface area contributed by atoms with Gasteiger partial charge >= 0.3 is 6.01 Å². The van der Waals surface area contributed by atoms with Gasteiger partial charge in [0.25, 0.3) is 0 Å². The van der Waals surface area contributed by atoms with Crippen LogP contribution in [0.1, 0.15) is 36.8 Å². The smallest absolute Gasteiger partial charge is 0.316 e. The highest BCUT2D eigenvalue weighted by Gasteiger charge is 2.27. The monoisotopic (exact) mass is 379 g/mol. The van der Waals surface area contributed by atoms with Gasteiger partial charge in [0, 0.05) is 6.04 Å². The molecule has 1 aromatic carbocycles. The van der Waals surface area contributed by atoms with Crippen molar-refractivity contribution in [1.82, 2.24) is 14.7 Å². The van der Waals surface area contributed by atoms with Crippen LogP contribution in [0.5, 0.6) is 6.01 Å². The maximum absolute atomic E-state index is 12.8. The van der Waals surface area contributed by atoms with E-state index in [-0.39, 0.29) is 18.2 Å². The van der Waals surface area contributed by atoms with Crippen molar-refractivity contribution in [1.29, 1.82) is 0 Å². The van der Waals surface area contributed by atoms with E-state index in [9.17, 15) is 12.8 Å². The topological polar surface area (TPSA) is 81.2 Å². The lowest BCUT2D eigenvalue weighted by atomic mass is 9.94. The molecule has 1 N–H and O–H groups in total. The molecule has 0 bridgehead atoms. The summed E-state index contributed by atoms with van der Waals surface area (Å²) in [6.45, 7) is 3.67. The van der Waals surface area contributed by atoms with E-state index in [2.05, 4.69) is 14.7 Å². The minimum atomic E-state index is -3.55. The van der Waals surface area contributed by atoms with E-state index in [1.165, 1.54) is 0 Å². The molecule has 0 aliphatic heterocycles. The average Bonchev–Trinajstić information content (AvgIpc) is 2.60. The molecule has 0 spiro atoms. The van der Waals surface area contributed by atoms with Crippen LogP contribution in [0, 0.1) is 19.7 Å². The van der Waals surface area contributed by atoms with Gasteiger partial charge in [-0.1, -0.05) is 12.1 Å². The Kier molecular flexibility index (Phi) is 5.52. The summed E-state index contributed by atoms with van der Waals surface area (Å²) in [5.41, 5.74) is 1.64. The fourth-order valence-electron chi connectivity index (χ4n) is 3.09. The predicted molar refractivity (Wildman–Crippen MR) is 94.9 cm³/mol. The van der Waals surface area contributed by atoms with E-state index < -0.39 is 15.8 Å². The number of aryl methyl sites for hydroxylation is 2. The average molecular weight is 379 g/mol. The van der Waals surface area contributed by atoms with Crippen molar-refractivity contribution in [3.05, 3.63) is 47.5 Å². The lowest BCUT2D eigenvalue weighted by molar-refractivity contribution is 0.132. The Balaban J connectivity index is 1.58. The summed E-state index contributed by atoms with van der Waals surface area (Å²) in [5, 5.41) is 0. The molecule has 2 aromatic rings. The second-order valence-electron chi connectivity index (χ2n) is 6.67. The number of aromatic nitrogens is 2. The van der Waals surface area contributed by atoms with Crippen molar-refractivity contribution in [2.75, 3.05) is 0 Å². The summed E-state index contributed by atoms with van der Waals surface area (Å²) in [5.74, 6) is -0.512. The molecule has 8 heteroatoms. The molecule has 1 fully saturated rings. The Bertz CT molecular complexity index is 864. The first-order valence-corrected chi connectivity index (χ1v) is 10.1. The number of halogens is 1. The van der Waals surface area contributed by atoms with E-state index in [1.807, 2.05) is 19.1 Å². The van der Waals surface area contributed by atoms with Crippen LogP contribution in [0.15, 0.2) is 35.5 Å². The molecule has 1 heterocycles. The number of ether oxygens (including phenoxy) is 1. The number of hydrogen-bond acceptors (Lipinski definition) is 5. The van der Waals surface area contributed by atoms with Gasteiger partial charge < -0.3 is 4.74 Å². The Hall–Kier alpha value is -2.06. The number of nitrogens with zero attached hydrogens (tertiary/aromatic N) is 2. The number of benzene rings is 1. The molecule has 0 unspecified atom stereocenters. The van der Waals surface area contributed by atoms with Gasteiger partial charge in [-0.25, -0.2) is 27.5 Å². The second-order valence-corrected chi connectivity index (χ2v) is 8.35. The van der Waals surface area contributed by atoms with Crippen LogP contribution in [0.3, 0.4) is 0 Å². The van der Waals surface area contributed by atoms with Crippen LogP contribution in [-0.4, -0.2) is 30.5 Å². The largest absolute Gasteiger partial charge is 0.460 e. The molecule has 0 radical (unpaired) electrons. The minimum absolute atomic E-state index is 0.0954. The molecular weight excluding hydrogens is 357 g/mol. The molecule has 1 aliphatic carbocycles. The summed E-state index contributed by atoms with van der Waals surface area (Å²) >= 11 is 0. The van der Waals surface area contributed by atoms with Gasteiger partial charge in [-0.05, 0) is 56.7 Å². The summed E-state index contributed by atoms with van der Waals surface area (Å²) in [6, 6.07) is 5.42. The van der Waals surface area contributed by atoms with Crippen molar-refractivity contribution >= 4 is 10.0 Å². The summed E-state index contributed by atoms with van der Waals surface area (Å²) in [6.07, 6.45) is 4.72. The molecule has 140 valence electrons. The molecule has 0 amide bonds. The van der Waals surface area contributed by atoms with E-state index in [1.54, 1.807) is 13.0 Å². The quantitative estimate of drug-likeness (QED) is 0.864. The lowest BCUT2D eigenvalue weighted by Crippen LogP contribution is -2.40. The third-order valence-corrected chi connectivity index (χ3v) is 6.16. The zero-order valence-electron chi connectivity index (χ0n) is 14.8. The molecular formula is C18H22FN3O3S. The second kappa shape index (κ2) is 7.67. The lowest BCUT2D eigenvalue weighted by Gasteiger charge is -2.28. The number of rotatable bonds is 5. The fourth-order valence-corrected chi connectivity index (χ4v) is 4.72. The Morgan fingerprint density at radius 3 is 2.42 bits per heavy atom. The maximum Gasteiger partial charge on any atom is 0.316 e. The van der Waals surface area contributed by atoms with Gasteiger partial charge in [-0.15, -0.1) is 0 Å². The van der Waals surface area contributed by atoms with Crippen molar-refractivity contribution in [2.24, 2.45) is 0 Å². The van der Waals surface area contributed by atoms with Crippen molar-refractivity contribution in [2.45, 2.75) is 56.6 Å².